The van der Waals surface area contributed by atoms with Crippen molar-refractivity contribution in [3.63, 3.8) is 0 Å². The maximum absolute atomic E-state index is 11.9. The van der Waals surface area contributed by atoms with Crippen molar-refractivity contribution in [1.82, 2.24) is 9.97 Å². The van der Waals surface area contributed by atoms with Crippen molar-refractivity contribution in [1.29, 1.82) is 0 Å². The fourth-order valence-electron chi connectivity index (χ4n) is 1.17. The van der Waals surface area contributed by atoms with Crippen molar-refractivity contribution in [2.45, 2.75) is 4.90 Å². The predicted octanol–water partition coefficient (Wildman–Crippen LogP) is 2.04. The van der Waals surface area contributed by atoms with E-state index in [1.165, 1.54) is 24.5 Å². The molecule has 0 unspecified atom stereocenters. The Balaban J connectivity index is 2.32. The molecule has 0 saturated heterocycles. The highest BCUT2D eigenvalue weighted by atomic mass is 79.9. The number of hydrogen-bond donors (Lipinski definition) is 1. The Labute approximate surface area is 107 Å². The first kappa shape index (κ1) is 12.0. The molecule has 2 aromatic rings. The van der Waals surface area contributed by atoms with E-state index >= 15 is 0 Å². The molecule has 1 heterocycles. The molecule has 0 aliphatic rings. The fourth-order valence-corrected chi connectivity index (χ4v) is 2.72. The molecule has 0 spiro atoms. The zero-order chi connectivity index (χ0) is 12.3. The van der Waals surface area contributed by atoms with Gasteiger partial charge in [-0.15, -0.1) is 0 Å². The fraction of sp³-hybridized carbons (Fsp3) is 0. The van der Waals surface area contributed by atoms with Gasteiger partial charge in [0, 0.05) is 16.9 Å². The van der Waals surface area contributed by atoms with Crippen LogP contribution in [0.5, 0.6) is 0 Å². The minimum absolute atomic E-state index is 0.0486. The van der Waals surface area contributed by atoms with Crippen LogP contribution in [0.25, 0.3) is 0 Å². The minimum atomic E-state index is -3.64. The van der Waals surface area contributed by atoms with E-state index in [9.17, 15) is 8.42 Å². The average molecular weight is 314 g/mol. The van der Waals surface area contributed by atoms with Gasteiger partial charge in [-0.05, 0) is 24.3 Å². The lowest BCUT2D eigenvalue weighted by molar-refractivity contribution is 0.600. The van der Waals surface area contributed by atoms with Gasteiger partial charge >= 0.3 is 0 Å². The van der Waals surface area contributed by atoms with E-state index in [0.717, 1.165) is 0 Å². The Hall–Kier alpha value is -1.47. The summed E-state index contributed by atoms with van der Waals surface area (Å²) in [7, 11) is -3.64. The molecule has 0 aliphatic carbocycles. The van der Waals surface area contributed by atoms with Crippen LogP contribution >= 0.6 is 15.9 Å². The first-order valence-electron chi connectivity index (χ1n) is 4.63. The van der Waals surface area contributed by atoms with Crippen molar-refractivity contribution < 1.29 is 8.42 Å². The molecule has 0 atom stereocenters. The topological polar surface area (TPSA) is 72.0 Å². The predicted molar refractivity (Wildman–Crippen MR) is 67.0 cm³/mol. The minimum Gasteiger partial charge on any atom is -0.247 e. The van der Waals surface area contributed by atoms with Crippen molar-refractivity contribution in [3.05, 3.63) is 47.2 Å². The normalized spacial score (nSPS) is 11.1. The van der Waals surface area contributed by atoms with Gasteiger partial charge in [-0.2, -0.15) is 0 Å². The van der Waals surface area contributed by atoms with Crippen LogP contribution in [-0.2, 0) is 10.0 Å². The standard InChI is InChI=1S/C10H8BrN3O2S/c11-8-3-1-4-9(7-8)17(15,16)14-10-12-5-2-6-13-10/h1-7H,(H,12,13,14). The summed E-state index contributed by atoms with van der Waals surface area (Å²) in [5, 5.41) is 0. The Bertz CT molecular complexity index is 616. The number of anilines is 1. The van der Waals surface area contributed by atoms with Gasteiger partial charge in [0.1, 0.15) is 0 Å². The monoisotopic (exact) mass is 313 g/mol. The number of hydrogen-bond acceptors (Lipinski definition) is 4. The maximum Gasteiger partial charge on any atom is 0.264 e. The third kappa shape index (κ3) is 3.01. The Morgan fingerprint density at radius 1 is 1.12 bits per heavy atom. The van der Waals surface area contributed by atoms with Crippen LogP contribution in [0.1, 0.15) is 0 Å². The number of nitrogens with zero attached hydrogens (tertiary/aromatic N) is 2. The first-order chi connectivity index (χ1) is 8.08. The van der Waals surface area contributed by atoms with Crippen molar-refractivity contribution >= 4 is 31.9 Å². The van der Waals surface area contributed by atoms with E-state index in [2.05, 4.69) is 30.6 Å². The van der Waals surface area contributed by atoms with Crippen LogP contribution in [0.4, 0.5) is 5.95 Å². The molecule has 88 valence electrons. The second kappa shape index (κ2) is 4.80. The third-order valence-electron chi connectivity index (χ3n) is 1.90. The van der Waals surface area contributed by atoms with Gasteiger partial charge in [0.05, 0.1) is 4.90 Å². The number of sulfonamides is 1. The summed E-state index contributed by atoms with van der Waals surface area (Å²) in [6.45, 7) is 0. The molecule has 0 amide bonds. The van der Waals surface area contributed by atoms with Crippen LogP contribution in [0, 0.1) is 0 Å². The largest absolute Gasteiger partial charge is 0.264 e. The Morgan fingerprint density at radius 3 is 2.47 bits per heavy atom. The maximum atomic E-state index is 11.9. The summed E-state index contributed by atoms with van der Waals surface area (Å²) in [6, 6.07) is 8.00. The van der Waals surface area contributed by atoms with Gasteiger partial charge < -0.3 is 0 Å². The molecule has 7 heteroatoms. The Kier molecular flexibility index (Phi) is 3.39. The molecular weight excluding hydrogens is 306 g/mol. The van der Waals surface area contributed by atoms with Gasteiger partial charge in [0.25, 0.3) is 10.0 Å². The van der Waals surface area contributed by atoms with E-state index < -0.39 is 10.0 Å². The highest BCUT2D eigenvalue weighted by Crippen LogP contribution is 2.17. The van der Waals surface area contributed by atoms with Gasteiger partial charge in [-0.3, -0.25) is 0 Å². The van der Waals surface area contributed by atoms with Gasteiger partial charge in [0.15, 0.2) is 0 Å². The van der Waals surface area contributed by atoms with E-state index in [0.29, 0.717) is 4.47 Å². The summed E-state index contributed by atoms with van der Waals surface area (Å²) in [5.41, 5.74) is 0. The first-order valence-corrected chi connectivity index (χ1v) is 6.91. The van der Waals surface area contributed by atoms with Gasteiger partial charge in [-0.1, -0.05) is 22.0 Å². The van der Waals surface area contributed by atoms with Gasteiger partial charge in [-0.25, -0.2) is 23.1 Å². The number of rotatable bonds is 3. The summed E-state index contributed by atoms with van der Waals surface area (Å²) < 4.78 is 26.9. The van der Waals surface area contributed by atoms with Crippen LogP contribution in [0.2, 0.25) is 0 Å². The Morgan fingerprint density at radius 2 is 1.82 bits per heavy atom. The number of nitrogens with one attached hydrogen (secondary N) is 1. The second-order valence-electron chi connectivity index (χ2n) is 3.14. The van der Waals surface area contributed by atoms with Crippen molar-refractivity contribution in [3.8, 4) is 0 Å². The van der Waals surface area contributed by atoms with E-state index in [4.69, 9.17) is 0 Å². The van der Waals surface area contributed by atoms with Crippen LogP contribution in [0.3, 0.4) is 0 Å². The van der Waals surface area contributed by atoms with Crippen LogP contribution in [0.15, 0.2) is 52.1 Å². The quantitative estimate of drug-likeness (QED) is 0.941. The molecule has 2 rings (SSSR count). The lowest BCUT2D eigenvalue weighted by Crippen LogP contribution is -2.14. The molecular formula is C10H8BrN3O2S. The molecule has 1 aromatic carbocycles. The zero-order valence-corrected chi connectivity index (χ0v) is 10.9. The lowest BCUT2D eigenvalue weighted by atomic mass is 10.4. The van der Waals surface area contributed by atoms with E-state index in [1.54, 1.807) is 18.2 Å². The van der Waals surface area contributed by atoms with E-state index in [1.807, 2.05) is 0 Å². The number of halogens is 1. The van der Waals surface area contributed by atoms with E-state index in [-0.39, 0.29) is 10.8 Å². The average Bonchev–Trinajstić information content (AvgIpc) is 2.30. The summed E-state index contributed by atoms with van der Waals surface area (Å²) in [6.07, 6.45) is 2.93. The number of aromatic nitrogens is 2. The molecule has 1 aromatic heterocycles. The summed E-state index contributed by atoms with van der Waals surface area (Å²) in [5.74, 6) is 0.0486. The van der Waals surface area contributed by atoms with Gasteiger partial charge in [0.2, 0.25) is 5.95 Å². The molecule has 0 fully saturated rings. The van der Waals surface area contributed by atoms with Crippen molar-refractivity contribution in [2.75, 3.05) is 4.72 Å². The molecule has 0 saturated carbocycles. The molecule has 0 radical (unpaired) electrons. The highest BCUT2D eigenvalue weighted by molar-refractivity contribution is 9.10. The van der Waals surface area contributed by atoms with Crippen molar-refractivity contribution in [2.24, 2.45) is 0 Å². The van der Waals surface area contributed by atoms with Crippen LogP contribution < -0.4 is 4.72 Å². The molecule has 1 N–H and O–H groups in total. The molecule has 0 bridgehead atoms. The summed E-state index contributed by atoms with van der Waals surface area (Å²) >= 11 is 3.22. The highest BCUT2D eigenvalue weighted by Gasteiger charge is 2.15. The van der Waals surface area contributed by atoms with Crippen LogP contribution in [-0.4, -0.2) is 18.4 Å². The smallest absolute Gasteiger partial charge is 0.247 e. The SMILES string of the molecule is O=S(=O)(Nc1ncccn1)c1cccc(Br)c1. The number of benzene rings is 1. The zero-order valence-electron chi connectivity index (χ0n) is 8.54. The molecule has 17 heavy (non-hydrogen) atoms. The molecule has 0 aliphatic heterocycles. The third-order valence-corrected chi connectivity index (χ3v) is 3.72. The summed E-state index contributed by atoms with van der Waals surface area (Å²) in [4.78, 5) is 7.75. The second-order valence-corrected chi connectivity index (χ2v) is 5.73. The molecule has 5 nitrogen and oxygen atoms in total. The lowest BCUT2D eigenvalue weighted by Gasteiger charge is -2.06.